The molecule has 0 saturated carbocycles. The zero-order valence-corrected chi connectivity index (χ0v) is 12.4. The molecule has 106 valence electrons. The number of nitrogens with zero attached hydrogens (tertiary/aromatic N) is 3. The van der Waals surface area contributed by atoms with E-state index in [0.29, 0.717) is 5.92 Å². The number of hydrogen-bond donors (Lipinski definition) is 1. The minimum Gasteiger partial charge on any atom is -0.298 e. The molecule has 1 aliphatic heterocycles. The van der Waals surface area contributed by atoms with Crippen LogP contribution in [-0.2, 0) is 6.54 Å². The van der Waals surface area contributed by atoms with Gasteiger partial charge in [-0.25, -0.2) is 0 Å². The molecule has 1 unspecified atom stereocenters. The molecule has 3 heterocycles. The molecular formula is C15H19ClN4. The summed E-state index contributed by atoms with van der Waals surface area (Å²) in [7, 11) is 0. The Bertz CT molecular complexity index is 581. The van der Waals surface area contributed by atoms with Gasteiger partial charge >= 0.3 is 0 Å². The van der Waals surface area contributed by atoms with E-state index in [4.69, 9.17) is 11.6 Å². The van der Waals surface area contributed by atoms with Crippen molar-refractivity contribution in [3.05, 3.63) is 46.5 Å². The third-order valence-electron chi connectivity index (χ3n) is 3.90. The second-order valence-corrected chi connectivity index (χ2v) is 5.92. The zero-order chi connectivity index (χ0) is 13.9. The average Bonchev–Trinajstić information content (AvgIpc) is 2.89. The SMILES string of the molecule is Cc1cc(C2CCCN(Cc3ccncc3Cl)C2)n[nH]1. The quantitative estimate of drug-likeness (QED) is 0.944. The van der Waals surface area contributed by atoms with E-state index in [9.17, 15) is 0 Å². The van der Waals surface area contributed by atoms with E-state index >= 15 is 0 Å². The number of nitrogens with one attached hydrogen (secondary N) is 1. The maximum atomic E-state index is 6.19. The molecule has 0 radical (unpaired) electrons. The Morgan fingerprint density at radius 3 is 3.15 bits per heavy atom. The Kier molecular flexibility index (Phi) is 4.03. The molecule has 0 aromatic carbocycles. The highest BCUT2D eigenvalue weighted by Crippen LogP contribution is 2.27. The summed E-state index contributed by atoms with van der Waals surface area (Å²) >= 11 is 6.19. The predicted molar refractivity (Wildman–Crippen MR) is 79.8 cm³/mol. The number of H-pyrrole nitrogens is 1. The summed E-state index contributed by atoms with van der Waals surface area (Å²) in [4.78, 5) is 6.50. The standard InChI is InChI=1S/C15H19ClN4/c1-11-7-15(19-18-11)13-3-2-6-20(10-13)9-12-4-5-17-8-14(12)16/h4-5,7-8,13H,2-3,6,9-10H2,1H3,(H,18,19). The van der Waals surface area contributed by atoms with E-state index < -0.39 is 0 Å². The van der Waals surface area contributed by atoms with Crippen LogP contribution in [0.5, 0.6) is 0 Å². The lowest BCUT2D eigenvalue weighted by atomic mass is 9.94. The van der Waals surface area contributed by atoms with Crippen LogP contribution in [0.3, 0.4) is 0 Å². The number of rotatable bonds is 3. The van der Waals surface area contributed by atoms with Gasteiger partial charge in [-0.3, -0.25) is 15.0 Å². The van der Waals surface area contributed by atoms with Crippen LogP contribution in [0, 0.1) is 6.92 Å². The lowest BCUT2D eigenvalue weighted by Gasteiger charge is -2.32. The molecule has 4 nitrogen and oxygen atoms in total. The normalized spacial score (nSPS) is 20.2. The van der Waals surface area contributed by atoms with Crippen molar-refractivity contribution in [2.75, 3.05) is 13.1 Å². The van der Waals surface area contributed by atoms with Crippen molar-refractivity contribution >= 4 is 11.6 Å². The largest absolute Gasteiger partial charge is 0.298 e. The molecule has 2 aromatic heterocycles. The van der Waals surface area contributed by atoms with Gasteiger partial charge in [0.05, 0.1) is 10.7 Å². The van der Waals surface area contributed by atoms with Gasteiger partial charge in [-0.1, -0.05) is 11.6 Å². The molecule has 3 rings (SSSR count). The number of aryl methyl sites for hydroxylation is 1. The van der Waals surface area contributed by atoms with Crippen molar-refractivity contribution < 1.29 is 0 Å². The van der Waals surface area contributed by atoms with Gasteiger partial charge in [-0.15, -0.1) is 0 Å². The average molecular weight is 291 g/mol. The van der Waals surface area contributed by atoms with Gasteiger partial charge in [-0.2, -0.15) is 5.10 Å². The second-order valence-electron chi connectivity index (χ2n) is 5.52. The lowest BCUT2D eigenvalue weighted by molar-refractivity contribution is 0.198. The van der Waals surface area contributed by atoms with Crippen LogP contribution in [0.1, 0.15) is 35.7 Å². The fraction of sp³-hybridized carbons (Fsp3) is 0.467. The molecular weight excluding hydrogens is 272 g/mol. The monoisotopic (exact) mass is 290 g/mol. The zero-order valence-electron chi connectivity index (χ0n) is 11.6. The van der Waals surface area contributed by atoms with Gasteiger partial charge in [-0.05, 0) is 44.0 Å². The molecule has 5 heteroatoms. The second kappa shape index (κ2) is 5.94. The third-order valence-corrected chi connectivity index (χ3v) is 4.24. The Morgan fingerprint density at radius 2 is 2.40 bits per heavy atom. The Hall–Kier alpha value is -1.39. The lowest BCUT2D eigenvalue weighted by Crippen LogP contribution is -2.34. The maximum Gasteiger partial charge on any atom is 0.0668 e. The topological polar surface area (TPSA) is 44.8 Å². The molecule has 2 aromatic rings. The van der Waals surface area contributed by atoms with Crippen LogP contribution in [-0.4, -0.2) is 33.2 Å². The summed E-state index contributed by atoms with van der Waals surface area (Å²) in [6.45, 7) is 5.11. The van der Waals surface area contributed by atoms with Gasteiger partial charge < -0.3 is 0 Å². The van der Waals surface area contributed by atoms with Crippen LogP contribution in [0.2, 0.25) is 5.02 Å². The first-order valence-electron chi connectivity index (χ1n) is 7.05. The van der Waals surface area contributed by atoms with E-state index in [2.05, 4.69) is 26.1 Å². The van der Waals surface area contributed by atoms with Crippen LogP contribution < -0.4 is 0 Å². The van der Waals surface area contributed by atoms with Crippen LogP contribution in [0.25, 0.3) is 0 Å². The van der Waals surface area contributed by atoms with Crippen LogP contribution >= 0.6 is 11.6 Å². The number of aromatic amines is 1. The summed E-state index contributed by atoms with van der Waals surface area (Å²) in [6.07, 6.45) is 5.94. The van der Waals surface area contributed by atoms with Crippen LogP contribution in [0.15, 0.2) is 24.5 Å². The minimum atomic E-state index is 0.523. The van der Waals surface area contributed by atoms with E-state index in [-0.39, 0.29) is 0 Å². The summed E-state index contributed by atoms with van der Waals surface area (Å²) in [5, 5.41) is 8.21. The summed E-state index contributed by atoms with van der Waals surface area (Å²) < 4.78 is 0. The molecule has 0 amide bonds. The van der Waals surface area contributed by atoms with E-state index in [0.717, 1.165) is 35.9 Å². The number of piperidine rings is 1. The third kappa shape index (κ3) is 3.02. The van der Waals surface area contributed by atoms with Crippen molar-refractivity contribution in [1.82, 2.24) is 20.1 Å². The van der Waals surface area contributed by atoms with Gasteiger partial charge in [0.15, 0.2) is 0 Å². The summed E-state index contributed by atoms with van der Waals surface area (Å²) in [6, 6.07) is 4.16. The van der Waals surface area contributed by atoms with Crippen molar-refractivity contribution in [3.8, 4) is 0 Å². The smallest absolute Gasteiger partial charge is 0.0668 e. The fourth-order valence-corrected chi connectivity index (χ4v) is 3.04. The number of hydrogen-bond acceptors (Lipinski definition) is 3. The molecule has 1 atom stereocenters. The Labute approximate surface area is 124 Å². The molecule has 1 aliphatic rings. The summed E-state index contributed by atoms with van der Waals surface area (Å²) in [5.41, 5.74) is 3.47. The first kappa shape index (κ1) is 13.6. The Balaban J connectivity index is 1.68. The predicted octanol–water partition coefficient (Wildman–Crippen LogP) is 3.15. The van der Waals surface area contributed by atoms with E-state index in [1.807, 2.05) is 13.0 Å². The maximum absolute atomic E-state index is 6.19. The van der Waals surface area contributed by atoms with E-state index in [1.165, 1.54) is 18.5 Å². The number of pyridine rings is 1. The highest BCUT2D eigenvalue weighted by molar-refractivity contribution is 6.31. The van der Waals surface area contributed by atoms with Gasteiger partial charge in [0.2, 0.25) is 0 Å². The summed E-state index contributed by atoms with van der Waals surface area (Å²) in [5.74, 6) is 0.523. The van der Waals surface area contributed by atoms with Gasteiger partial charge in [0, 0.05) is 37.1 Å². The van der Waals surface area contributed by atoms with Crippen molar-refractivity contribution in [1.29, 1.82) is 0 Å². The molecule has 1 N–H and O–H groups in total. The molecule has 20 heavy (non-hydrogen) atoms. The Morgan fingerprint density at radius 1 is 1.50 bits per heavy atom. The number of likely N-dealkylation sites (tertiary alicyclic amines) is 1. The molecule has 1 saturated heterocycles. The first-order chi connectivity index (χ1) is 9.72. The van der Waals surface area contributed by atoms with Crippen molar-refractivity contribution in [3.63, 3.8) is 0 Å². The number of halogens is 1. The minimum absolute atomic E-state index is 0.523. The fourth-order valence-electron chi connectivity index (χ4n) is 2.86. The van der Waals surface area contributed by atoms with E-state index in [1.54, 1.807) is 12.4 Å². The van der Waals surface area contributed by atoms with Crippen LogP contribution in [0.4, 0.5) is 0 Å². The molecule has 0 spiro atoms. The van der Waals surface area contributed by atoms with Gasteiger partial charge in [0.1, 0.15) is 0 Å². The molecule has 0 aliphatic carbocycles. The highest BCUT2D eigenvalue weighted by atomic mass is 35.5. The number of aromatic nitrogens is 3. The molecule has 1 fully saturated rings. The highest BCUT2D eigenvalue weighted by Gasteiger charge is 2.23. The van der Waals surface area contributed by atoms with Crippen molar-refractivity contribution in [2.24, 2.45) is 0 Å². The van der Waals surface area contributed by atoms with Crippen molar-refractivity contribution in [2.45, 2.75) is 32.2 Å². The molecule has 0 bridgehead atoms. The van der Waals surface area contributed by atoms with Gasteiger partial charge in [0.25, 0.3) is 0 Å². The first-order valence-corrected chi connectivity index (χ1v) is 7.43.